The Morgan fingerprint density at radius 3 is 1.11 bits per heavy atom. The van der Waals surface area contributed by atoms with Gasteiger partial charge in [-0.15, -0.1) is 0 Å². The molecule has 8 nitrogen and oxygen atoms in total. The Bertz CT molecular complexity index is 784. The molecule has 0 aromatic carbocycles. The van der Waals surface area contributed by atoms with Gasteiger partial charge in [-0.3, -0.25) is 28.9 Å². The minimum absolute atomic E-state index is 0. The molecule has 0 saturated carbocycles. The molecule has 2 amide bonds. The maximum absolute atomic E-state index is 10.4. The quantitative estimate of drug-likeness (QED) is 0.261. The van der Waals surface area contributed by atoms with Crippen LogP contribution in [0.3, 0.4) is 0 Å². The second-order valence-corrected chi connectivity index (χ2v) is 8.71. The minimum atomic E-state index is -2.90. The molecule has 0 saturated heterocycles. The first-order valence-electron chi connectivity index (χ1n) is 7.99. The van der Waals surface area contributed by atoms with Gasteiger partial charge in [0.1, 0.15) is 0 Å². The van der Waals surface area contributed by atoms with Gasteiger partial charge in [0.05, 0.1) is 9.51 Å². The third-order valence-corrected chi connectivity index (χ3v) is 3.81. The zero-order chi connectivity index (χ0) is 25.9. The van der Waals surface area contributed by atoms with Crippen LogP contribution in [0, 0.1) is 0 Å². The number of hydrogen-bond acceptors (Lipinski definition) is 7. The normalized spacial score (nSPS) is 9.36. The molecular weight excluding hydrogens is 574 g/mol. The van der Waals surface area contributed by atoms with Crippen molar-refractivity contribution >= 4 is 66.5 Å². The van der Waals surface area contributed by atoms with Crippen LogP contribution in [0.1, 0.15) is 57.9 Å². The second kappa shape index (κ2) is 32.6. The topological polar surface area (TPSA) is 123 Å². The van der Waals surface area contributed by atoms with E-state index in [4.69, 9.17) is 11.6 Å². The fraction of sp³-hybridized carbons (Fsp3) is 0.400. The lowest BCUT2D eigenvalue weighted by atomic mass is 10.4. The summed E-state index contributed by atoms with van der Waals surface area (Å²) in [4.78, 5) is 51.5. The standard InChI is InChI=1S/C5H5NO2.C4H5BrO.C4H5ClO.C4H6O.C3H6O2S.5CH4/c1-6-4(7)2-3-5(6)8;2*1-3(5)4(2)6;1-3-4(2)5;1-3-6(2,4)5;;;;;/h2-3H,1H3;2*1H2,2H3;3H,1H2,2H3;3H,1H2,2H3;5*1H4. The summed E-state index contributed by atoms with van der Waals surface area (Å²) >= 11 is 7.96. The van der Waals surface area contributed by atoms with Gasteiger partial charge in [-0.1, -0.05) is 75.0 Å². The first-order valence-corrected chi connectivity index (χ1v) is 11.1. The molecule has 11 heteroatoms. The molecule has 0 spiro atoms. The number of nitrogens with zero attached hydrogens (tertiary/aromatic N) is 1. The first kappa shape index (κ1) is 59.0. The van der Waals surface area contributed by atoms with Crippen LogP contribution in [0.2, 0.25) is 0 Å². The van der Waals surface area contributed by atoms with Crippen LogP contribution in [-0.2, 0) is 33.8 Å². The number of ketones is 3. The molecule has 36 heavy (non-hydrogen) atoms. The van der Waals surface area contributed by atoms with Crippen molar-refractivity contribution in [3.8, 4) is 0 Å². The highest BCUT2D eigenvalue weighted by molar-refractivity contribution is 9.12. The van der Waals surface area contributed by atoms with Gasteiger partial charge < -0.3 is 0 Å². The van der Waals surface area contributed by atoms with E-state index in [0.29, 0.717) is 4.48 Å². The van der Waals surface area contributed by atoms with Gasteiger partial charge in [0.15, 0.2) is 27.2 Å². The molecule has 0 aromatic rings. The van der Waals surface area contributed by atoms with E-state index in [1.54, 1.807) is 0 Å². The van der Waals surface area contributed by atoms with E-state index in [2.05, 4.69) is 42.2 Å². The summed E-state index contributed by atoms with van der Waals surface area (Å²) in [6.07, 6.45) is 4.88. The van der Waals surface area contributed by atoms with Crippen molar-refractivity contribution in [1.29, 1.82) is 0 Å². The average Bonchev–Trinajstić information content (AvgIpc) is 2.94. The molecule has 0 radical (unpaired) electrons. The first-order chi connectivity index (χ1) is 13.8. The van der Waals surface area contributed by atoms with Crippen LogP contribution >= 0.6 is 27.5 Å². The summed E-state index contributed by atoms with van der Waals surface area (Å²) in [6.45, 7) is 17.0. The molecule has 1 rings (SSSR count). The number of carbonyl (C=O) groups excluding carboxylic acids is 5. The van der Waals surface area contributed by atoms with E-state index in [9.17, 15) is 32.4 Å². The molecule has 0 atom stereocenters. The number of sulfone groups is 1. The molecule has 0 N–H and O–H groups in total. The van der Waals surface area contributed by atoms with Crippen LogP contribution in [0.4, 0.5) is 0 Å². The van der Waals surface area contributed by atoms with E-state index >= 15 is 0 Å². The molecule has 0 aromatic heterocycles. The van der Waals surface area contributed by atoms with Gasteiger partial charge in [0.2, 0.25) is 0 Å². The third kappa shape index (κ3) is 53.1. The number of Topliss-reactive ketones (excluding diaryl/α,β-unsaturated/α-hetero) is 2. The summed E-state index contributed by atoms with van der Waals surface area (Å²) in [7, 11) is -1.45. The Hall–Kier alpha value is -2.43. The van der Waals surface area contributed by atoms with Crippen molar-refractivity contribution in [1.82, 2.24) is 4.90 Å². The number of amides is 2. The van der Waals surface area contributed by atoms with Crippen LogP contribution < -0.4 is 0 Å². The average molecular weight is 621 g/mol. The van der Waals surface area contributed by atoms with E-state index in [1.807, 2.05) is 0 Å². The van der Waals surface area contributed by atoms with E-state index in [0.717, 1.165) is 16.6 Å². The van der Waals surface area contributed by atoms with Gasteiger partial charge in [-0.05, 0) is 35.9 Å². The number of imide groups is 1. The van der Waals surface area contributed by atoms with Gasteiger partial charge in [0.25, 0.3) is 11.8 Å². The smallest absolute Gasteiger partial charge is 0.253 e. The Morgan fingerprint density at radius 1 is 0.889 bits per heavy atom. The molecule has 1 aliphatic rings. The van der Waals surface area contributed by atoms with Crippen LogP contribution in [0.15, 0.2) is 59.5 Å². The molecule has 0 fully saturated rings. The van der Waals surface area contributed by atoms with E-state index in [1.165, 1.54) is 46.0 Å². The number of halogens is 2. The van der Waals surface area contributed by atoms with Gasteiger partial charge in [0, 0.05) is 37.8 Å². The second-order valence-electron chi connectivity index (χ2n) is 5.30. The zero-order valence-corrected chi connectivity index (χ0v) is 21.3. The SMILES string of the molecule is C.C.C.C.C.C=C(Br)C(C)=O.C=C(Cl)C(C)=O.C=CC(C)=O.C=CS(C)(=O)=O.CN1C(=O)C=CC1=O. The Morgan fingerprint density at radius 2 is 1.08 bits per heavy atom. The summed E-state index contributed by atoms with van der Waals surface area (Å²) in [5.74, 6) is -0.651. The van der Waals surface area contributed by atoms with E-state index in [-0.39, 0.29) is 71.3 Å². The summed E-state index contributed by atoms with van der Waals surface area (Å²) in [5, 5.41) is 1.00. The largest absolute Gasteiger partial charge is 0.295 e. The highest BCUT2D eigenvalue weighted by Crippen LogP contribution is 1.99. The van der Waals surface area contributed by atoms with Gasteiger partial charge in [-0.2, -0.15) is 0 Å². The summed E-state index contributed by atoms with van der Waals surface area (Å²) in [5.41, 5.74) is 0. The maximum Gasteiger partial charge on any atom is 0.253 e. The van der Waals surface area contributed by atoms with E-state index < -0.39 is 9.84 Å². The predicted molar refractivity (Wildman–Crippen MR) is 161 cm³/mol. The lowest BCUT2D eigenvalue weighted by molar-refractivity contribution is -0.135. The summed E-state index contributed by atoms with van der Waals surface area (Å²) in [6, 6.07) is 0. The number of hydrogen-bond donors (Lipinski definition) is 0. The Kier molecular flexibility index (Phi) is 53.4. The van der Waals surface area contributed by atoms with Crippen molar-refractivity contribution in [2.24, 2.45) is 0 Å². The van der Waals surface area contributed by atoms with Gasteiger partial charge in [-0.25, -0.2) is 8.42 Å². The predicted octanol–water partition coefficient (Wildman–Crippen LogP) is 6.47. The fourth-order valence-corrected chi connectivity index (χ4v) is 0.475. The summed E-state index contributed by atoms with van der Waals surface area (Å²) < 4.78 is 20.2. The number of rotatable bonds is 4. The lowest BCUT2D eigenvalue weighted by Gasteiger charge is -2.01. The Labute approximate surface area is 233 Å². The van der Waals surface area contributed by atoms with Crippen molar-refractivity contribution < 1.29 is 32.4 Å². The number of carbonyl (C=O) groups is 5. The van der Waals surface area contributed by atoms with Gasteiger partial charge >= 0.3 is 0 Å². The fourth-order valence-electron chi connectivity index (χ4n) is 0.475. The highest BCUT2D eigenvalue weighted by Gasteiger charge is 2.17. The lowest BCUT2D eigenvalue weighted by Crippen LogP contribution is -2.24. The Balaban J connectivity index is -0.0000000353. The van der Waals surface area contributed by atoms with Crippen molar-refractivity contribution in [3.05, 3.63) is 59.5 Å². The molecule has 0 bridgehead atoms. The molecule has 0 unspecified atom stereocenters. The van der Waals surface area contributed by atoms with Crippen molar-refractivity contribution in [2.45, 2.75) is 57.9 Å². The molecule has 1 aliphatic heterocycles. The number of likely N-dealkylation sites (N-methyl/N-ethyl adjacent to an activating group) is 1. The minimum Gasteiger partial charge on any atom is -0.295 e. The van der Waals surface area contributed by atoms with Crippen LogP contribution in [-0.4, -0.2) is 55.8 Å². The zero-order valence-electron chi connectivity index (χ0n) is 18.1. The third-order valence-electron chi connectivity index (χ3n) is 2.38. The molecule has 0 aliphatic carbocycles. The molecular formula is C25H47BrClNO7S. The maximum atomic E-state index is 10.4. The monoisotopic (exact) mass is 619 g/mol. The van der Waals surface area contributed by atoms with Crippen molar-refractivity contribution in [2.75, 3.05) is 13.3 Å². The van der Waals surface area contributed by atoms with Crippen LogP contribution in [0.25, 0.3) is 0 Å². The van der Waals surface area contributed by atoms with Crippen molar-refractivity contribution in [3.63, 3.8) is 0 Å². The highest BCUT2D eigenvalue weighted by atomic mass is 79.9. The molecule has 1 heterocycles. The molecule has 214 valence electrons. The van der Waals surface area contributed by atoms with Crippen LogP contribution in [0.5, 0.6) is 0 Å². The number of allylic oxidation sites excluding steroid dienone is 3.